The lowest BCUT2D eigenvalue weighted by molar-refractivity contribution is 0.219. The highest BCUT2D eigenvalue weighted by molar-refractivity contribution is 5.80. The number of nitrogens with zero attached hydrogens (tertiary/aromatic N) is 3. The summed E-state index contributed by atoms with van der Waals surface area (Å²) in [6, 6.07) is 0. The molecule has 0 amide bonds. The van der Waals surface area contributed by atoms with Crippen LogP contribution in [0.5, 0.6) is 0 Å². The van der Waals surface area contributed by atoms with E-state index in [1.54, 1.807) is 0 Å². The summed E-state index contributed by atoms with van der Waals surface area (Å²) in [5.74, 6) is 1.13. The van der Waals surface area contributed by atoms with E-state index in [9.17, 15) is 0 Å². The molecule has 1 rings (SSSR count). The van der Waals surface area contributed by atoms with Gasteiger partial charge >= 0.3 is 0 Å². The molecule has 1 heterocycles. The van der Waals surface area contributed by atoms with Gasteiger partial charge in [-0.3, -0.25) is 4.99 Å². The molecular weight excluding hydrogens is 198 g/mol. The Morgan fingerprint density at radius 3 is 2.38 bits per heavy atom. The molecule has 0 spiro atoms. The van der Waals surface area contributed by atoms with E-state index in [0.717, 1.165) is 25.6 Å². The molecule has 0 saturated carbocycles. The van der Waals surface area contributed by atoms with Gasteiger partial charge in [-0.25, -0.2) is 0 Å². The second kappa shape index (κ2) is 4.27. The third-order valence-corrected chi connectivity index (χ3v) is 2.71. The van der Waals surface area contributed by atoms with Crippen LogP contribution in [0.1, 0.15) is 34.6 Å². The minimum atomic E-state index is 0.306. The molecule has 0 bridgehead atoms. The Balaban J connectivity index is 2.71. The topological polar surface area (TPSA) is 18.8 Å². The minimum absolute atomic E-state index is 0.306. The van der Waals surface area contributed by atoms with E-state index >= 15 is 0 Å². The maximum Gasteiger partial charge on any atom is 0.196 e. The van der Waals surface area contributed by atoms with E-state index in [4.69, 9.17) is 4.99 Å². The van der Waals surface area contributed by atoms with Crippen molar-refractivity contribution in [3.8, 4) is 0 Å². The molecule has 0 radical (unpaired) electrons. The van der Waals surface area contributed by atoms with E-state index in [1.807, 2.05) is 0 Å². The van der Waals surface area contributed by atoms with E-state index < -0.39 is 0 Å². The molecule has 0 aliphatic carbocycles. The second-order valence-electron chi connectivity index (χ2n) is 7.05. The van der Waals surface area contributed by atoms with Crippen molar-refractivity contribution in [1.29, 1.82) is 0 Å². The predicted molar refractivity (Wildman–Crippen MR) is 70.8 cm³/mol. The number of rotatable bonds is 1. The van der Waals surface area contributed by atoms with E-state index in [-0.39, 0.29) is 0 Å². The van der Waals surface area contributed by atoms with Crippen LogP contribution in [0, 0.1) is 10.8 Å². The van der Waals surface area contributed by atoms with Gasteiger partial charge in [0.25, 0.3) is 0 Å². The van der Waals surface area contributed by atoms with Crippen LogP contribution in [0.3, 0.4) is 0 Å². The van der Waals surface area contributed by atoms with Crippen LogP contribution in [-0.4, -0.2) is 49.5 Å². The molecule has 1 aliphatic rings. The SMILES string of the molecule is CN(CC(C)(C)C)C1=NCC(C)(C)CN1C. The quantitative estimate of drug-likeness (QED) is 0.682. The molecule has 3 heteroatoms. The molecule has 3 nitrogen and oxygen atoms in total. The summed E-state index contributed by atoms with van der Waals surface area (Å²) in [5.41, 5.74) is 0.617. The monoisotopic (exact) mass is 225 g/mol. The summed E-state index contributed by atoms with van der Waals surface area (Å²) in [5, 5.41) is 0. The van der Waals surface area contributed by atoms with Gasteiger partial charge in [0.15, 0.2) is 5.96 Å². The lowest BCUT2D eigenvalue weighted by Gasteiger charge is -2.40. The fourth-order valence-electron chi connectivity index (χ4n) is 2.36. The van der Waals surface area contributed by atoms with Crippen molar-refractivity contribution < 1.29 is 0 Å². The van der Waals surface area contributed by atoms with Gasteiger partial charge in [-0.1, -0.05) is 34.6 Å². The summed E-state index contributed by atoms with van der Waals surface area (Å²) in [6.45, 7) is 14.4. The van der Waals surface area contributed by atoms with Crippen molar-refractivity contribution in [2.24, 2.45) is 15.8 Å². The molecule has 0 aromatic heterocycles. The Morgan fingerprint density at radius 2 is 1.94 bits per heavy atom. The number of aliphatic imine (C=N–C) groups is 1. The first kappa shape index (κ1) is 13.3. The molecule has 16 heavy (non-hydrogen) atoms. The summed E-state index contributed by atoms with van der Waals surface area (Å²) in [4.78, 5) is 9.26. The zero-order valence-corrected chi connectivity index (χ0v) is 12.0. The molecular formula is C13H27N3. The van der Waals surface area contributed by atoms with E-state index in [2.05, 4.69) is 58.5 Å². The van der Waals surface area contributed by atoms with Crippen LogP contribution in [0.15, 0.2) is 4.99 Å². The van der Waals surface area contributed by atoms with Gasteiger partial charge in [-0.2, -0.15) is 0 Å². The van der Waals surface area contributed by atoms with Gasteiger partial charge in [0.1, 0.15) is 0 Å². The van der Waals surface area contributed by atoms with Crippen LogP contribution in [0.25, 0.3) is 0 Å². The lowest BCUT2D eigenvalue weighted by atomic mass is 9.92. The molecule has 0 N–H and O–H groups in total. The first-order valence-corrected chi connectivity index (χ1v) is 6.07. The van der Waals surface area contributed by atoms with E-state index in [0.29, 0.717) is 10.8 Å². The van der Waals surface area contributed by atoms with Crippen molar-refractivity contribution in [3.63, 3.8) is 0 Å². The van der Waals surface area contributed by atoms with Crippen molar-refractivity contribution in [2.45, 2.75) is 34.6 Å². The smallest absolute Gasteiger partial charge is 0.196 e. The second-order valence-corrected chi connectivity index (χ2v) is 7.05. The molecule has 94 valence electrons. The van der Waals surface area contributed by atoms with Gasteiger partial charge in [0.05, 0.1) is 0 Å². The Labute approximate surface area is 101 Å². The van der Waals surface area contributed by atoms with Gasteiger partial charge in [-0.15, -0.1) is 0 Å². The average Bonchev–Trinajstić information content (AvgIpc) is 1.97. The standard InChI is InChI=1S/C13H27N3/c1-12(2,3)9-15(6)11-14-8-13(4,5)10-16(11)7/h8-10H2,1-7H3. The molecule has 0 aromatic carbocycles. The third-order valence-electron chi connectivity index (χ3n) is 2.71. The third kappa shape index (κ3) is 3.69. The largest absolute Gasteiger partial charge is 0.345 e. The van der Waals surface area contributed by atoms with Crippen LogP contribution in [0.4, 0.5) is 0 Å². The average molecular weight is 225 g/mol. The first-order chi connectivity index (χ1) is 7.11. The summed E-state index contributed by atoms with van der Waals surface area (Å²) < 4.78 is 0. The normalized spacial score (nSPS) is 20.7. The first-order valence-electron chi connectivity index (χ1n) is 6.07. The number of hydrogen-bond acceptors (Lipinski definition) is 3. The summed E-state index contributed by atoms with van der Waals surface area (Å²) in [7, 11) is 4.28. The maximum absolute atomic E-state index is 4.72. The van der Waals surface area contributed by atoms with Gasteiger partial charge in [0.2, 0.25) is 0 Å². The zero-order chi connectivity index (χ0) is 12.6. The molecule has 0 fully saturated rings. The van der Waals surface area contributed by atoms with Crippen molar-refractivity contribution in [2.75, 3.05) is 33.7 Å². The van der Waals surface area contributed by atoms with Crippen LogP contribution < -0.4 is 0 Å². The minimum Gasteiger partial charge on any atom is -0.345 e. The number of guanidine groups is 1. The summed E-state index contributed by atoms with van der Waals surface area (Å²) in [6.07, 6.45) is 0. The fourth-order valence-corrected chi connectivity index (χ4v) is 2.36. The molecule has 0 unspecified atom stereocenters. The van der Waals surface area contributed by atoms with Gasteiger partial charge in [-0.05, 0) is 5.41 Å². The fraction of sp³-hybridized carbons (Fsp3) is 0.923. The molecule has 0 aromatic rings. The van der Waals surface area contributed by atoms with Crippen molar-refractivity contribution in [1.82, 2.24) is 9.80 Å². The van der Waals surface area contributed by atoms with Gasteiger partial charge < -0.3 is 9.80 Å². The van der Waals surface area contributed by atoms with E-state index in [1.165, 1.54) is 0 Å². The highest BCUT2D eigenvalue weighted by atomic mass is 15.4. The van der Waals surface area contributed by atoms with Crippen LogP contribution in [-0.2, 0) is 0 Å². The lowest BCUT2D eigenvalue weighted by Crippen LogP contribution is -2.50. The predicted octanol–water partition coefficient (Wildman–Crippen LogP) is 2.29. The Bertz CT molecular complexity index is 273. The van der Waals surface area contributed by atoms with Crippen molar-refractivity contribution in [3.05, 3.63) is 0 Å². The maximum atomic E-state index is 4.72. The molecule has 0 saturated heterocycles. The highest BCUT2D eigenvalue weighted by Gasteiger charge is 2.28. The Kier molecular flexibility index (Phi) is 3.56. The van der Waals surface area contributed by atoms with Crippen LogP contribution in [0.2, 0.25) is 0 Å². The Hall–Kier alpha value is -0.730. The van der Waals surface area contributed by atoms with Gasteiger partial charge in [0, 0.05) is 39.1 Å². The number of hydrogen-bond donors (Lipinski definition) is 0. The Morgan fingerprint density at radius 1 is 1.38 bits per heavy atom. The molecule has 1 aliphatic heterocycles. The highest BCUT2D eigenvalue weighted by Crippen LogP contribution is 2.23. The molecule has 0 atom stereocenters. The van der Waals surface area contributed by atoms with Crippen molar-refractivity contribution >= 4 is 5.96 Å². The van der Waals surface area contributed by atoms with Crippen LogP contribution >= 0.6 is 0 Å². The summed E-state index contributed by atoms with van der Waals surface area (Å²) >= 11 is 0. The zero-order valence-electron chi connectivity index (χ0n) is 12.0.